The normalized spacial score (nSPS) is 11.1. The summed E-state index contributed by atoms with van der Waals surface area (Å²) in [7, 11) is 4.65. The molecule has 3 rings (SSSR count). The Morgan fingerprint density at radius 2 is 1.75 bits per heavy atom. The van der Waals surface area contributed by atoms with E-state index >= 15 is 0 Å². The van der Waals surface area contributed by atoms with Crippen LogP contribution in [0.4, 0.5) is 0 Å². The molecule has 7 heteroatoms. The lowest BCUT2D eigenvalue weighted by Crippen LogP contribution is -2.22. The maximum atomic E-state index is 12.9. The van der Waals surface area contributed by atoms with Crippen LogP contribution < -0.4 is 19.8 Å². The molecule has 3 aromatic rings. The van der Waals surface area contributed by atoms with Gasteiger partial charge >= 0.3 is 0 Å². The van der Waals surface area contributed by atoms with Gasteiger partial charge < -0.3 is 14.2 Å². The van der Waals surface area contributed by atoms with Gasteiger partial charge in [-0.25, -0.2) is 4.98 Å². The van der Waals surface area contributed by atoms with Gasteiger partial charge in [0.15, 0.2) is 11.5 Å². The summed E-state index contributed by atoms with van der Waals surface area (Å²) in [6, 6.07) is 10.8. The number of aryl methyl sites for hydroxylation is 1. The fourth-order valence-corrected chi connectivity index (χ4v) is 2.97. The van der Waals surface area contributed by atoms with Crippen molar-refractivity contribution in [1.82, 2.24) is 9.66 Å². The fraction of sp³-hybridized carbons (Fsp3) is 0.286. The molecule has 0 fully saturated rings. The van der Waals surface area contributed by atoms with Crippen molar-refractivity contribution in [2.24, 2.45) is 5.10 Å². The van der Waals surface area contributed by atoms with Crippen molar-refractivity contribution in [3.05, 3.63) is 58.1 Å². The summed E-state index contributed by atoms with van der Waals surface area (Å²) in [4.78, 5) is 17.5. The Bertz CT molecular complexity index is 1050. The lowest BCUT2D eigenvalue weighted by atomic mass is 10.2. The third-order valence-electron chi connectivity index (χ3n) is 4.30. The third kappa shape index (κ3) is 3.69. The van der Waals surface area contributed by atoms with Crippen LogP contribution in [-0.4, -0.2) is 37.2 Å². The molecule has 28 heavy (non-hydrogen) atoms. The topological polar surface area (TPSA) is 74.9 Å². The highest BCUT2D eigenvalue weighted by molar-refractivity contribution is 5.83. The van der Waals surface area contributed by atoms with Crippen LogP contribution in [0.2, 0.25) is 0 Å². The SMILES string of the molecule is CCCc1nc2ccccc2c(=O)n1/N=C/c1cc(OC)c(OC)c(OC)c1. The second-order valence-corrected chi connectivity index (χ2v) is 6.12. The number of rotatable bonds is 7. The molecule has 1 aromatic heterocycles. The van der Waals surface area contributed by atoms with Gasteiger partial charge in [0, 0.05) is 12.0 Å². The predicted octanol–water partition coefficient (Wildman–Crippen LogP) is 3.26. The van der Waals surface area contributed by atoms with Crippen LogP contribution in [-0.2, 0) is 6.42 Å². The lowest BCUT2D eigenvalue weighted by Gasteiger charge is -2.13. The summed E-state index contributed by atoms with van der Waals surface area (Å²) in [5.74, 6) is 2.15. The van der Waals surface area contributed by atoms with Crippen LogP contribution in [0.15, 0.2) is 46.3 Å². The summed E-state index contributed by atoms with van der Waals surface area (Å²) < 4.78 is 17.4. The van der Waals surface area contributed by atoms with Crippen molar-refractivity contribution in [2.45, 2.75) is 19.8 Å². The Labute approximate surface area is 163 Å². The van der Waals surface area contributed by atoms with Gasteiger partial charge in [-0.1, -0.05) is 19.1 Å². The zero-order valence-electron chi connectivity index (χ0n) is 16.4. The van der Waals surface area contributed by atoms with Gasteiger partial charge in [0.2, 0.25) is 5.75 Å². The summed E-state index contributed by atoms with van der Waals surface area (Å²) in [5, 5.41) is 4.95. The zero-order chi connectivity index (χ0) is 20.1. The number of benzene rings is 2. The number of hydrogen-bond donors (Lipinski definition) is 0. The third-order valence-corrected chi connectivity index (χ3v) is 4.30. The molecular weight excluding hydrogens is 358 g/mol. The molecule has 0 aliphatic heterocycles. The lowest BCUT2D eigenvalue weighted by molar-refractivity contribution is 0.324. The van der Waals surface area contributed by atoms with Gasteiger partial charge in [-0.05, 0) is 30.7 Å². The van der Waals surface area contributed by atoms with Gasteiger partial charge in [-0.3, -0.25) is 4.79 Å². The van der Waals surface area contributed by atoms with Crippen molar-refractivity contribution < 1.29 is 14.2 Å². The molecule has 1 heterocycles. The molecule has 0 bridgehead atoms. The molecule has 0 N–H and O–H groups in total. The Hall–Kier alpha value is -3.35. The molecule has 0 saturated heterocycles. The highest BCUT2D eigenvalue weighted by Crippen LogP contribution is 2.37. The fourth-order valence-electron chi connectivity index (χ4n) is 2.97. The molecule has 2 aromatic carbocycles. The number of hydrogen-bond acceptors (Lipinski definition) is 6. The maximum Gasteiger partial charge on any atom is 0.282 e. The van der Waals surface area contributed by atoms with Crippen molar-refractivity contribution in [1.29, 1.82) is 0 Å². The molecule has 0 radical (unpaired) electrons. The molecule has 0 spiro atoms. The van der Waals surface area contributed by atoms with E-state index in [0.717, 1.165) is 6.42 Å². The van der Waals surface area contributed by atoms with Crippen molar-refractivity contribution in [3.8, 4) is 17.2 Å². The van der Waals surface area contributed by atoms with E-state index in [0.29, 0.717) is 46.0 Å². The first-order chi connectivity index (χ1) is 13.6. The van der Waals surface area contributed by atoms with Gasteiger partial charge in [0.25, 0.3) is 5.56 Å². The average Bonchev–Trinajstić information content (AvgIpc) is 2.72. The first kappa shape index (κ1) is 19.4. The van der Waals surface area contributed by atoms with E-state index < -0.39 is 0 Å². The minimum Gasteiger partial charge on any atom is -0.493 e. The maximum absolute atomic E-state index is 12.9. The second kappa shape index (κ2) is 8.56. The Morgan fingerprint density at radius 1 is 1.07 bits per heavy atom. The first-order valence-corrected chi connectivity index (χ1v) is 8.98. The number of ether oxygens (including phenoxy) is 3. The van der Waals surface area contributed by atoms with Crippen LogP contribution in [0, 0.1) is 0 Å². The van der Waals surface area contributed by atoms with E-state index in [2.05, 4.69) is 10.1 Å². The van der Waals surface area contributed by atoms with Gasteiger partial charge in [-0.2, -0.15) is 9.78 Å². The minimum absolute atomic E-state index is 0.197. The molecule has 0 amide bonds. The molecule has 146 valence electrons. The smallest absolute Gasteiger partial charge is 0.282 e. The molecule has 0 aliphatic carbocycles. The van der Waals surface area contributed by atoms with Crippen LogP contribution in [0.25, 0.3) is 10.9 Å². The van der Waals surface area contributed by atoms with E-state index in [1.807, 2.05) is 25.1 Å². The zero-order valence-corrected chi connectivity index (χ0v) is 16.4. The highest BCUT2D eigenvalue weighted by atomic mass is 16.5. The van der Waals surface area contributed by atoms with Gasteiger partial charge in [-0.15, -0.1) is 0 Å². The van der Waals surface area contributed by atoms with Crippen LogP contribution in [0.1, 0.15) is 24.7 Å². The quantitative estimate of drug-likeness (QED) is 0.587. The molecule has 0 saturated carbocycles. The Kier molecular flexibility index (Phi) is 5.93. The number of fused-ring (bicyclic) bond motifs is 1. The summed E-state index contributed by atoms with van der Waals surface area (Å²) in [5.41, 5.74) is 1.19. The minimum atomic E-state index is -0.197. The molecule has 0 atom stereocenters. The summed E-state index contributed by atoms with van der Waals surface area (Å²) in [6.07, 6.45) is 3.08. The monoisotopic (exact) mass is 381 g/mol. The van der Waals surface area contributed by atoms with Crippen molar-refractivity contribution in [2.75, 3.05) is 21.3 Å². The first-order valence-electron chi connectivity index (χ1n) is 8.98. The second-order valence-electron chi connectivity index (χ2n) is 6.12. The highest BCUT2D eigenvalue weighted by Gasteiger charge is 2.13. The van der Waals surface area contributed by atoms with E-state index in [1.54, 1.807) is 45.7 Å². The van der Waals surface area contributed by atoms with E-state index in [1.165, 1.54) is 4.68 Å². The number of para-hydroxylation sites is 1. The van der Waals surface area contributed by atoms with Gasteiger partial charge in [0.1, 0.15) is 5.82 Å². The predicted molar refractivity (Wildman–Crippen MR) is 109 cm³/mol. The van der Waals surface area contributed by atoms with Crippen LogP contribution >= 0.6 is 0 Å². The van der Waals surface area contributed by atoms with E-state index in [-0.39, 0.29) is 5.56 Å². The number of aromatic nitrogens is 2. The Morgan fingerprint density at radius 3 is 2.36 bits per heavy atom. The standard InChI is InChI=1S/C21H23N3O4/c1-5-8-19-23-16-10-7-6-9-15(16)21(25)24(19)22-13-14-11-17(26-2)20(28-4)18(12-14)27-3/h6-7,9-13H,5,8H2,1-4H3/b22-13+. The molecular formula is C21H23N3O4. The molecule has 0 unspecified atom stereocenters. The Balaban J connectivity index is 2.12. The largest absolute Gasteiger partial charge is 0.493 e. The van der Waals surface area contributed by atoms with Crippen molar-refractivity contribution in [3.63, 3.8) is 0 Å². The van der Waals surface area contributed by atoms with Crippen molar-refractivity contribution >= 4 is 17.1 Å². The molecule has 7 nitrogen and oxygen atoms in total. The van der Waals surface area contributed by atoms with E-state index in [9.17, 15) is 4.79 Å². The van der Waals surface area contributed by atoms with E-state index in [4.69, 9.17) is 14.2 Å². The molecule has 0 aliphatic rings. The summed E-state index contributed by atoms with van der Waals surface area (Å²) >= 11 is 0. The van der Waals surface area contributed by atoms with Crippen LogP contribution in [0.5, 0.6) is 17.2 Å². The number of methoxy groups -OCH3 is 3. The van der Waals surface area contributed by atoms with Crippen LogP contribution in [0.3, 0.4) is 0 Å². The summed E-state index contributed by atoms with van der Waals surface area (Å²) in [6.45, 7) is 2.04. The van der Waals surface area contributed by atoms with Gasteiger partial charge in [0.05, 0.1) is 38.4 Å². The average molecular weight is 381 g/mol. The number of nitrogens with zero attached hydrogens (tertiary/aromatic N) is 3.